The minimum Gasteiger partial charge on any atom is -0.339 e. The lowest BCUT2D eigenvalue weighted by molar-refractivity contribution is 0.248. The van der Waals surface area contributed by atoms with Crippen LogP contribution in [0.1, 0.15) is 0 Å². The van der Waals surface area contributed by atoms with Crippen molar-refractivity contribution in [3.05, 3.63) is 28.5 Å². The van der Waals surface area contributed by atoms with Crippen LogP contribution in [0.15, 0.2) is 27.9 Å². The summed E-state index contributed by atoms with van der Waals surface area (Å²) in [5.74, 6) is -0.438. The predicted molar refractivity (Wildman–Crippen MR) is 56.2 cm³/mol. The predicted octanol–water partition coefficient (Wildman–Crippen LogP) is 2.68. The molecule has 1 aromatic carbocycles. The SMILES string of the molecule is CNC(=O)N(N=N)c1ccc(F)cc1Br. The van der Waals surface area contributed by atoms with Crippen molar-refractivity contribution < 1.29 is 9.18 Å². The van der Waals surface area contributed by atoms with Crippen LogP contribution in [-0.4, -0.2) is 13.1 Å². The monoisotopic (exact) mass is 274 g/mol. The fourth-order valence-corrected chi connectivity index (χ4v) is 1.49. The highest BCUT2D eigenvalue weighted by atomic mass is 79.9. The number of amides is 2. The average molecular weight is 275 g/mol. The number of carbonyl (C=O) groups is 1. The first kappa shape index (κ1) is 11.6. The van der Waals surface area contributed by atoms with Crippen LogP contribution < -0.4 is 10.3 Å². The lowest BCUT2D eigenvalue weighted by Crippen LogP contribution is -2.33. The highest BCUT2D eigenvalue weighted by Gasteiger charge is 2.16. The second-order valence-corrected chi connectivity index (χ2v) is 3.42. The fraction of sp³-hybridized carbons (Fsp3) is 0.125. The third-order valence-corrected chi connectivity index (χ3v) is 2.28. The Morgan fingerprint density at radius 1 is 1.67 bits per heavy atom. The van der Waals surface area contributed by atoms with Gasteiger partial charge in [0, 0.05) is 11.5 Å². The molecule has 0 atom stereocenters. The Labute approximate surface area is 93.9 Å². The van der Waals surface area contributed by atoms with Crippen molar-refractivity contribution >= 4 is 27.6 Å². The first-order valence-electron chi connectivity index (χ1n) is 3.94. The first-order chi connectivity index (χ1) is 7.10. The molecular weight excluding hydrogens is 267 g/mol. The van der Waals surface area contributed by atoms with Crippen molar-refractivity contribution in [2.45, 2.75) is 0 Å². The van der Waals surface area contributed by atoms with Gasteiger partial charge in [-0.25, -0.2) is 9.18 Å². The van der Waals surface area contributed by atoms with Gasteiger partial charge in [0.05, 0.1) is 5.69 Å². The van der Waals surface area contributed by atoms with Crippen LogP contribution in [0.4, 0.5) is 14.9 Å². The number of hydrogen-bond donors (Lipinski definition) is 2. The number of benzene rings is 1. The number of hydrogen-bond acceptors (Lipinski definition) is 3. The van der Waals surface area contributed by atoms with Gasteiger partial charge in [0.2, 0.25) is 0 Å². The summed E-state index contributed by atoms with van der Waals surface area (Å²) in [5, 5.41) is 6.16. The van der Waals surface area contributed by atoms with E-state index in [4.69, 9.17) is 5.53 Å². The standard InChI is InChI=1S/C8H8BrFN4O/c1-12-8(15)14(13-11)7-3-2-5(10)4-6(7)9/h2-4,11H,1H3,(H,12,15). The van der Waals surface area contributed by atoms with Gasteiger partial charge in [-0.05, 0) is 34.1 Å². The third kappa shape index (κ3) is 2.50. The molecule has 5 nitrogen and oxygen atoms in total. The smallest absolute Gasteiger partial charge is 0.339 e. The molecule has 1 rings (SSSR count). The number of halogens is 2. The minimum absolute atomic E-state index is 0.297. The molecule has 0 unspecified atom stereocenters. The van der Waals surface area contributed by atoms with Gasteiger partial charge in [-0.2, -0.15) is 10.5 Å². The lowest BCUT2D eigenvalue weighted by Gasteiger charge is -2.15. The highest BCUT2D eigenvalue weighted by Crippen LogP contribution is 2.27. The van der Waals surface area contributed by atoms with Crippen LogP contribution in [0, 0.1) is 11.3 Å². The van der Waals surface area contributed by atoms with Gasteiger partial charge in [0.1, 0.15) is 5.82 Å². The van der Waals surface area contributed by atoms with E-state index in [9.17, 15) is 9.18 Å². The van der Waals surface area contributed by atoms with E-state index in [2.05, 4.69) is 26.5 Å². The second kappa shape index (κ2) is 4.83. The molecular formula is C8H8BrFN4O. The molecule has 0 saturated carbocycles. The van der Waals surface area contributed by atoms with Crippen LogP contribution in [0.25, 0.3) is 0 Å². The van der Waals surface area contributed by atoms with Gasteiger partial charge in [-0.3, -0.25) is 0 Å². The number of rotatable bonds is 2. The molecule has 0 saturated heterocycles. The highest BCUT2D eigenvalue weighted by molar-refractivity contribution is 9.10. The molecule has 1 aromatic rings. The van der Waals surface area contributed by atoms with E-state index in [-0.39, 0.29) is 0 Å². The van der Waals surface area contributed by atoms with Crippen molar-refractivity contribution in [3.63, 3.8) is 0 Å². The van der Waals surface area contributed by atoms with Crippen molar-refractivity contribution in [1.29, 1.82) is 5.53 Å². The first-order valence-corrected chi connectivity index (χ1v) is 4.73. The molecule has 0 radical (unpaired) electrons. The number of nitrogens with zero attached hydrogens (tertiary/aromatic N) is 2. The van der Waals surface area contributed by atoms with E-state index >= 15 is 0 Å². The molecule has 0 spiro atoms. The van der Waals surface area contributed by atoms with Crippen molar-refractivity contribution in [3.8, 4) is 0 Å². The van der Waals surface area contributed by atoms with Gasteiger partial charge >= 0.3 is 6.03 Å². The zero-order valence-electron chi connectivity index (χ0n) is 7.79. The summed E-state index contributed by atoms with van der Waals surface area (Å²) in [6.45, 7) is 0. The summed E-state index contributed by atoms with van der Waals surface area (Å²) in [4.78, 5) is 11.3. The van der Waals surface area contributed by atoms with E-state index in [0.717, 1.165) is 5.01 Å². The average Bonchev–Trinajstić information content (AvgIpc) is 2.21. The Hall–Kier alpha value is -1.50. The van der Waals surface area contributed by atoms with Crippen molar-refractivity contribution in [2.24, 2.45) is 5.22 Å². The lowest BCUT2D eigenvalue weighted by atomic mass is 10.3. The fourth-order valence-electron chi connectivity index (χ4n) is 0.968. The summed E-state index contributed by atoms with van der Waals surface area (Å²) in [5.41, 5.74) is 7.15. The van der Waals surface area contributed by atoms with Gasteiger partial charge in [0.25, 0.3) is 0 Å². The molecule has 0 aliphatic carbocycles. The normalized spacial score (nSPS) is 9.53. The quantitative estimate of drug-likeness (QED) is 0.632. The summed E-state index contributed by atoms with van der Waals surface area (Å²) in [6, 6.07) is 3.15. The van der Waals surface area contributed by atoms with Crippen LogP contribution in [-0.2, 0) is 0 Å². The van der Waals surface area contributed by atoms with Gasteiger partial charge in [0.15, 0.2) is 0 Å². The summed E-state index contributed by atoms with van der Waals surface area (Å²) in [6.07, 6.45) is 0. The van der Waals surface area contributed by atoms with E-state index in [0.29, 0.717) is 10.2 Å². The minimum atomic E-state index is -0.572. The maximum atomic E-state index is 12.8. The molecule has 0 aliphatic heterocycles. The van der Waals surface area contributed by atoms with Crippen LogP contribution in [0.5, 0.6) is 0 Å². The summed E-state index contributed by atoms with van der Waals surface area (Å²) < 4.78 is 13.1. The van der Waals surface area contributed by atoms with Crippen LogP contribution in [0.2, 0.25) is 0 Å². The second-order valence-electron chi connectivity index (χ2n) is 2.56. The largest absolute Gasteiger partial charge is 0.343 e. The van der Waals surface area contributed by atoms with Crippen molar-refractivity contribution in [2.75, 3.05) is 12.1 Å². The third-order valence-electron chi connectivity index (χ3n) is 1.64. The Balaban J connectivity index is 3.12. The topological polar surface area (TPSA) is 68.6 Å². The van der Waals surface area contributed by atoms with E-state index in [1.165, 1.54) is 25.2 Å². The van der Waals surface area contributed by atoms with Gasteiger partial charge in [-0.1, -0.05) is 5.22 Å². The summed E-state index contributed by atoms with van der Waals surface area (Å²) >= 11 is 3.08. The number of urea groups is 1. The molecule has 7 heteroatoms. The van der Waals surface area contributed by atoms with Crippen LogP contribution >= 0.6 is 15.9 Å². The molecule has 0 bridgehead atoms. The Morgan fingerprint density at radius 2 is 2.33 bits per heavy atom. The van der Waals surface area contributed by atoms with Gasteiger partial charge in [-0.15, -0.1) is 0 Å². The van der Waals surface area contributed by atoms with Gasteiger partial charge < -0.3 is 5.32 Å². The maximum absolute atomic E-state index is 12.8. The van der Waals surface area contributed by atoms with E-state index in [1.54, 1.807) is 0 Å². The Morgan fingerprint density at radius 3 is 2.80 bits per heavy atom. The zero-order chi connectivity index (χ0) is 11.4. The molecule has 80 valence electrons. The molecule has 0 aliphatic rings. The number of anilines is 1. The number of nitrogens with one attached hydrogen (secondary N) is 2. The van der Waals surface area contributed by atoms with Crippen molar-refractivity contribution in [1.82, 2.24) is 5.32 Å². The molecule has 2 N–H and O–H groups in total. The van der Waals surface area contributed by atoms with Crippen LogP contribution in [0.3, 0.4) is 0 Å². The molecule has 0 heterocycles. The van der Waals surface area contributed by atoms with E-state index < -0.39 is 11.8 Å². The molecule has 15 heavy (non-hydrogen) atoms. The molecule has 0 fully saturated rings. The Kier molecular flexibility index (Phi) is 3.73. The molecule has 0 aromatic heterocycles. The number of carbonyl (C=O) groups excluding carboxylic acids is 1. The maximum Gasteiger partial charge on any atom is 0.343 e. The Bertz CT molecular complexity index is 398. The summed E-state index contributed by atoms with van der Waals surface area (Å²) in [7, 11) is 1.41. The van der Waals surface area contributed by atoms with E-state index in [1.807, 2.05) is 0 Å². The zero-order valence-corrected chi connectivity index (χ0v) is 9.38. The molecule has 2 amide bonds.